The van der Waals surface area contributed by atoms with Crippen molar-refractivity contribution in [3.05, 3.63) is 58.6 Å². The molecule has 0 aliphatic carbocycles. The van der Waals surface area contributed by atoms with Crippen LogP contribution in [0.4, 0.5) is 14.5 Å². The molecular formula is C15H13BrF2N2O3S. The third-order valence-corrected chi connectivity index (χ3v) is 4.92. The van der Waals surface area contributed by atoms with Gasteiger partial charge in [0.05, 0.1) is 4.90 Å². The van der Waals surface area contributed by atoms with Crippen molar-refractivity contribution in [1.82, 2.24) is 4.72 Å². The highest BCUT2D eigenvalue weighted by Gasteiger charge is 2.14. The number of hydrogen-bond acceptors (Lipinski definition) is 3. The summed E-state index contributed by atoms with van der Waals surface area (Å²) >= 11 is 3.20. The van der Waals surface area contributed by atoms with E-state index in [1.807, 2.05) is 0 Å². The SMILES string of the molecule is O=C(CCNS(=O)(=O)c1ccc(Br)cc1)Nc1cc(F)cc(F)c1. The standard InChI is InChI=1S/C15H13BrF2N2O3S/c16-10-1-3-14(4-2-10)24(22,23)19-6-5-15(21)20-13-8-11(17)7-12(18)9-13/h1-4,7-9,19H,5-6H2,(H,20,21). The van der Waals surface area contributed by atoms with Gasteiger partial charge in [0.25, 0.3) is 0 Å². The van der Waals surface area contributed by atoms with Gasteiger partial charge in [-0.15, -0.1) is 0 Å². The lowest BCUT2D eigenvalue weighted by Crippen LogP contribution is -2.27. The van der Waals surface area contributed by atoms with Crippen LogP contribution in [0.1, 0.15) is 6.42 Å². The molecule has 24 heavy (non-hydrogen) atoms. The third-order valence-electron chi connectivity index (χ3n) is 2.91. The Hall–Kier alpha value is -1.84. The summed E-state index contributed by atoms with van der Waals surface area (Å²) < 4.78 is 53.1. The van der Waals surface area contributed by atoms with E-state index in [0.29, 0.717) is 6.07 Å². The Labute approximate surface area is 146 Å². The lowest BCUT2D eigenvalue weighted by atomic mass is 10.3. The van der Waals surface area contributed by atoms with Gasteiger partial charge in [0, 0.05) is 29.2 Å². The van der Waals surface area contributed by atoms with Crippen molar-refractivity contribution in [3.63, 3.8) is 0 Å². The van der Waals surface area contributed by atoms with Crippen molar-refractivity contribution in [2.24, 2.45) is 0 Å². The van der Waals surface area contributed by atoms with Gasteiger partial charge in [-0.2, -0.15) is 0 Å². The second kappa shape index (κ2) is 7.82. The third kappa shape index (κ3) is 5.36. The Morgan fingerprint density at radius 1 is 1.04 bits per heavy atom. The molecule has 2 aromatic rings. The van der Waals surface area contributed by atoms with Crippen LogP contribution >= 0.6 is 15.9 Å². The molecule has 0 saturated carbocycles. The Morgan fingerprint density at radius 2 is 1.62 bits per heavy atom. The first-order chi connectivity index (χ1) is 11.3. The van der Waals surface area contributed by atoms with Crippen LogP contribution in [0.3, 0.4) is 0 Å². The quantitative estimate of drug-likeness (QED) is 0.756. The number of halogens is 3. The molecule has 0 fully saturated rings. The van der Waals surface area contributed by atoms with Crippen LogP contribution in [-0.2, 0) is 14.8 Å². The molecule has 0 radical (unpaired) electrons. The largest absolute Gasteiger partial charge is 0.326 e. The van der Waals surface area contributed by atoms with E-state index >= 15 is 0 Å². The number of nitrogens with one attached hydrogen (secondary N) is 2. The predicted octanol–water partition coefficient (Wildman–Crippen LogP) is 3.03. The van der Waals surface area contributed by atoms with Gasteiger partial charge in [0.2, 0.25) is 15.9 Å². The maximum Gasteiger partial charge on any atom is 0.240 e. The highest BCUT2D eigenvalue weighted by Crippen LogP contribution is 2.15. The fraction of sp³-hybridized carbons (Fsp3) is 0.133. The molecule has 2 N–H and O–H groups in total. The molecule has 0 bridgehead atoms. The van der Waals surface area contributed by atoms with Gasteiger partial charge < -0.3 is 5.32 Å². The summed E-state index contributed by atoms with van der Waals surface area (Å²) in [6, 6.07) is 8.62. The predicted molar refractivity (Wildman–Crippen MR) is 88.9 cm³/mol. The molecule has 1 amide bonds. The minimum absolute atomic E-state index is 0.0340. The van der Waals surface area contributed by atoms with Gasteiger partial charge in [-0.05, 0) is 36.4 Å². The van der Waals surface area contributed by atoms with E-state index in [1.54, 1.807) is 12.1 Å². The molecule has 0 aliphatic rings. The van der Waals surface area contributed by atoms with Crippen molar-refractivity contribution in [3.8, 4) is 0 Å². The number of benzene rings is 2. The molecule has 0 unspecified atom stereocenters. The molecule has 0 spiro atoms. The number of anilines is 1. The fourth-order valence-electron chi connectivity index (χ4n) is 1.85. The van der Waals surface area contributed by atoms with Crippen molar-refractivity contribution in [2.75, 3.05) is 11.9 Å². The first-order valence-electron chi connectivity index (χ1n) is 6.77. The molecule has 0 atom stereocenters. The fourth-order valence-corrected chi connectivity index (χ4v) is 3.14. The summed E-state index contributed by atoms with van der Waals surface area (Å²) in [6.07, 6.45) is -0.187. The maximum atomic E-state index is 13.0. The van der Waals surface area contributed by atoms with Crippen LogP contribution in [-0.4, -0.2) is 20.9 Å². The molecule has 0 aromatic heterocycles. The summed E-state index contributed by atoms with van der Waals surface area (Å²) in [5, 5.41) is 2.30. The molecule has 5 nitrogen and oxygen atoms in total. The summed E-state index contributed by atoms with van der Waals surface area (Å²) in [4.78, 5) is 11.8. The number of carbonyl (C=O) groups is 1. The molecule has 0 aliphatic heterocycles. The van der Waals surface area contributed by atoms with Gasteiger partial charge in [-0.1, -0.05) is 15.9 Å². The summed E-state index contributed by atoms with van der Waals surface area (Å²) in [6.45, 7) is -0.151. The van der Waals surface area contributed by atoms with Crippen LogP contribution in [0.15, 0.2) is 51.8 Å². The van der Waals surface area contributed by atoms with E-state index < -0.39 is 27.6 Å². The molecule has 9 heteroatoms. The zero-order valence-corrected chi connectivity index (χ0v) is 14.6. The van der Waals surface area contributed by atoms with Crippen molar-refractivity contribution in [1.29, 1.82) is 0 Å². The molecule has 128 valence electrons. The van der Waals surface area contributed by atoms with E-state index in [-0.39, 0.29) is 23.5 Å². The molecule has 0 heterocycles. The Morgan fingerprint density at radius 3 is 2.21 bits per heavy atom. The van der Waals surface area contributed by atoms with Crippen LogP contribution < -0.4 is 10.0 Å². The molecule has 0 saturated heterocycles. The highest BCUT2D eigenvalue weighted by molar-refractivity contribution is 9.10. The normalized spacial score (nSPS) is 11.3. The smallest absolute Gasteiger partial charge is 0.240 e. The number of sulfonamides is 1. The van der Waals surface area contributed by atoms with Crippen LogP contribution in [0.2, 0.25) is 0 Å². The van der Waals surface area contributed by atoms with E-state index in [1.165, 1.54) is 12.1 Å². The first kappa shape index (κ1) is 18.5. The van der Waals surface area contributed by atoms with Crippen molar-refractivity contribution in [2.45, 2.75) is 11.3 Å². The average Bonchev–Trinajstić information content (AvgIpc) is 2.46. The van der Waals surface area contributed by atoms with Crippen LogP contribution in [0.5, 0.6) is 0 Å². The molecule has 2 aromatic carbocycles. The molecular weight excluding hydrogens is 406 g/mol. The van der Waals surface area contributed by atoms with E-state index in [0.717, 1.165) is 16.6 Å². The van der Waals surface area contributed by atoms with Gasteiger partial charge >= 0.3 is 0 Å². The Kier molecular flexibility index (Phi) is 6.03. The Bertz CT molecular complexity index is 822. The average molecular weight is 419 g/mol. The lowest BCUT2D eigenvalue weighted by molar-refractivity contribution is -0.116. The summed E-state index contributed by atoms with van der Waals surface area (Å²) in [5.41, 5.74) is -0.0340. The number of hydrogen-bond donors (Lipinski definition) is 2. The zero-order chi connectivity index (χ0) is 17.7. The Balaban J connectivity index is 1.89. The topological polar surface area (TPSA) is 75.3 Å². The van der Waals surface area contributed by atoms with Gasteiger partial charge in [-0.25, -0.2) is 21.9 Å². The summed E-state index contributed by atoms with van der Waals surface area (Å²) in [7, 11) is -3.73. The maximum absolute atomic E-state index is 13.0. The zero-order valence-electron chi connectivity index (χ0n) is 12.2. The second-order valence-electron chi connectivity index (χ2n) is 4.81. The van der Waals surface area contributed by atoms with Crippen LogP contribution in [0, 0.1) is 11.6 Å². The van der Waals surface area contributed by atoms with Gasteiger partial charge in [0.15, 0.2) is 0 Å². The van der Waals surface area contributed by atoms with E-state index in [9.17, 15) is 22.0 Å². The number of amides is 1. The summed E-state index contributed by atoms with van der Waals surface area (Å²) in [5.74, 6) is -2.21. The van der Waals surface area contributed by atoms with E-state index in [4.69, 9.17) is 0 Å². The number of carbonyl (C=O) groups excluding carboxylic acids is 1. The van der Waals surface area contributed by atoms with E-state index in [2.05, 4.69) is 26.0 Å². The minimum Gasteiger partial charge on any atom is -0.326 e. The van der Waals surface area contributed by atoms with Gasteiger partial charge in [-0.3, -0.25) is 4.79 Å². The van der Waals surface area contributed by atoms with Gasteiger partial charge in [0.1, 0.15) is 11.6 Å². The lowest BCUT2D eigenvalue weighted by Gasteiger charge is -2.08. The van der Waals surface area contributed by atoms with Crippen LogP contribution in [0.25, 0.3) is 0 Å². The highest BCUT2D eigenvalue weighted by atomic mass is 79.9. The second-order valence-corrected chi connectivity index (χ2v) is 7.49. The first-order valence-corrected chi connectivity index (χ1v) is 9.05. The monoisotopic (exact) mass is 418 g/mol. The van der Waals surface area contributed by atoms with Crippen molar-refractivity contribution < 1.29 is 22.0 Å². The minimum atomic E-state index is -3.73. The molecule has 2 rings (SSSR count). The number of rotatable bonds is 6. The van der Waals surface area contributed by atoms with Crippen molar-refractivity contribution >= 4 is 37.5 Å².